The van der Waals surface area contributed by atoms with E-state index in [1.807, 2.05) is 19.9 Å². The predicted molar refractivity (Wildman–Crippen MR) is 115 cm³/mol. The van der Waals surface area contributed by atoms with Gasteiger partial charge in [0.25, 0.3) is 5.91 Å². The van der Waals surface area contributed by atoms with Gasteiger partial charge in [-0.2, -0.15) is 0 Å². The summed E-state index contributed by atoms with van der Waals surface area (Å²) < 4.78 is 0. The van der Waals surface area contributed by atoms with E-state index in [9.17, 15) is 14.4 Å². The minimum Gasteiger partial charge on any atom is -0.340 e. The van der Waals surface area contributed by atoms with Gasteiger partial charge in [-0.05, 0) is 36.2 Å². The number of likely N-dealkylation sites (N-methyl/N-ethyl adjacent to an activating group) is 1. The van der Waals surface area contributed by atoms with Crippen LogP contribution < -0.4 is 10.6 Å². The molecule has 0 bridgehead atoms. The summed E-state index contributed by atoms with van der Waals surface area (Å²) >= 11 is 11.8. The molecule has 0 aliphatic heterocycles. The highest BCUT2D eigenvalue weighted by atomic mass is 35.5. The lowest BCUT2D eigenvalue weighted by Gasteiger charge is -2.26. The largest absolute Gasteiger partial charge is 0.340 e. The number of rotatable bonds is 7. The maximum Gasteiger partial charge on any atom is 0.251 e. The summed E-state index contributed by atoms with van der Waals surface area (Å²) in [5.41, 5.74) is 0.939. The third kappa shape index (κ3) is 6.48. The van der Waals surface area contributed by atoms with Crippen molar-refractivity contribution >= 4 is 46.6 Å². The Bertz CT molecular complexity index is 888. The molecule has 0 aromatic heterocycles. The quantitative estimate of drug-likeness (QED) is 0.692. The molecule has 2 rings (SSSR count). The van der Waals surface area contributed by atoms with Gasteiger partial charge in [0.2, 0.25) is 11.8 Å². The maximum absolute atomic E-state index is 12.8. The molecule has 1 unspecified atom stereocenters. The number of carbonyl (C=O) groups is 3. The molecule has 0 radical (unpaired) electrons. The molecular formula is C21H23Cl2N3O3. The topological polar surface area (TPSA) is 78.5 Å². The Hall–Kier alpha value is -2.57. The number of amides is 3. The van der Waals surface area contributed by atoms with Crippen LogP contribution >= 0.6 is 23.2 Å². The van der Waals surface area contributed by atoms with Gasteiger partial charge in [0.05, 0.1) is 16.6 Å². The highest BCUT2D eigenvalue weighted by Crippen LogP contribution is 2.24. The molecule has 2 aromatic rings. The number of carbonyl (C=O) groups excluding carboxylic acids is 3. The second kappa shape index (κ2) is 10.3. The van der Waals surface area contributed by atoms with E-state index in [1.54, 1.807) is 36.4 Å². The van der Waals surface area contributed by atoms with Crippen molar-refractivity contribution in [3.05, 3.63) is 64.1 Å². The monoisotopic (exact) mass is 435 g/mol. The Morgan fingerprint density at radius 1 is 1.00 bits per heavy atom. The van der Waals surface area contributed by atoms with E-state index in [1.165, 1.54) is 18.0 Å². The van der Waals surface area contributed by atoms with Crippen molar-refractivity contribution < 1.29 is 14.4 Å². The first-order valence-electron chi connectivity index (χ1n) is 9.05. The summed E-state index contributed by atoms with van der Waals surface area (Å²) in [7, 11) is 1.51. The zero-order valence-electron chi connectivity index (χ0n) is 16.4. The molecule has 3 amide bonds. The summed E-state index contributed by atoms with van der Waals surface area (Å²) in [4.78, 5) is 38.8. The SMILES string of the molecule is CC(C)C(NC(=O)c1ccccc1)C(=O)N(C)CC(=O)Nc1ccc(Cl)c(Cl)c1. The van der Waals surface area contributed by atoms with Gasteiger partial charge in [-0.1, -0.05) is 55.2 Å². The summed E-state index contributed by atoms with van der Waals surface area (Å²) in [6.07, 6.45) is 0. The average Bonchev–Trinajstić information content (AvgIpc) is 2.68. The van der Waals surface area contributed by atoms with Gasteiger partial charge >= 0.3 is 0 Å². The number of anilines is 1. The van der Waals surface area contributed by atoms with Crippen molar-refractivity contribution in [2.24, 2.45) is 5.92 Å². The fourth-order valence-electron chi connectivity index (χ4n) is 2.63. The molecule has 154 valence electrons. The number of nitrogens with one attached hydrogen (secondary N) is 2. The van der Waals surface area contributed by atoms with E-state index < -0.39 is 11.9 Å². The summed E-state index contributed by atoms with van der Waals surface area (Å²) in [6.45, 7) is 3.48. The first kappa shape index (κ1) is 22.7. The Morgan fingerprint density at radius 2 is 1.66 bits per heavy atom. The van der Waals surface area contributed by atoms with Gasteiger partial charge in [-0.3, -0.25) is 14.4 Å². The van der Waals surface area contributed by atoms with Crippen LogP contribution in [0.1, 0.15) is 24.2 Å². The summed E-state index contributed by atoms with van der Waals surface area (Å²) in [6, 6.07) is 12.6. The van der Waals surface area contributed by atoms with Gasteiger partial charge in [0.1, 0.15) is 6.04 Å². The molecule has 1 atom stereocenters. The van der Waals surface area contributed by atoms with Crippen LogP contribution in [0.15, 0.2) is 48.5 Å². The van der Waals surface area contributed by atoms with Crippen molar-refractivity contribution in [1.29, 1.82) is 0 Å². The molecule has 0 saturated heterocycles. The molecule has 0 fully saturated rings. The van der Waals surface area contributed by atoms with Crippen molar-refractivity contribution in [3.8, 4) is 0 Å². The van der Waals surface area contributed by atoms with Crippen LogP contribution in [0.4, 0.5) is 5.69 Å². The van der Waals surface area contributed by atoms with Crippen LogP contribution in [0.2, 0.25) is 10.0 Å². The fraction of sp³-hybridized carbons (Fsp3) is 0.286. The Labute approximate surface area is 180 Å². The third-order valence-electron chi connectivity index (χ3n) is 4.22. The number of halogens is 2. The zero-order valence-corrected chi connectivity index (χ0v) is 17.9. The summed E-state index contributed by atoms with van der Waals surface area (Å²) in [5, 5.41) is 6.12. The second-order valence-corrected chi connectivity index (χ2v) is 7.75. The first-order valence-corrected chi connectivity index (χ1v) is 9.80. The molecule has 2 N–H and O–H groups in total. The normalized spacial score (nSPS) is 11.7. The van der Waals surface area contributed by atoms with Gasteiger partial charge in [-0.25, -0.2) is 0 Å². The molecule has 0 aliphatic carbocycles. The highest BCUT2D eigenvalue weighted by Gasteiger charge is 2.28. The summed E-state index contributed by atoms with van der Waals surface area (Å²) in [5.74, 6) is -1.24. The molecule has 0 spiro atoms. The van der Waals surface area contributed by atoms with Crippen molar-refractivity contribution in [2.75, 3.05) is 18.9 Å². The lowest BCUT2D eigenvalue weighted by molar-refractivity contribution is -0.135. The van der Waals surface area contributed by atoms with Gasteiger partial charge in [-0.15, -0.1) is 0 Å². The molecule has 0 saturated carbocycles. The van der Waals surface area contributed by atoms with Crippen LogP contribution in [-0.4, -0.2) is 42.3 Å². The van der Waals surface area contributed by atoms with Gasteiger partial charge in [0.15, 0.2) is 0 Å². The second-order valence-electron chi connectivity index (χ2n) is 6.93. The van der Waals surface area contributed by atoms with Gasteiger partial charge < -0.3 is 15.5 Å². The molecular weight excluding hydrogens is 413 g/mol. The number of hydrogen-bond acceptors (Lipinski definition) is 3. The molecule has 2 aromatic carbocycles. The molecule has 6 nitrogen and oxygen atoms in total. The van der Waals surface area contributed by atoms with Gasteiger partial charge in [0, 0.05) is 18.3 Å². The van der Waals surface area contributed by atoms with Crippen molar-refractivity contribution in [3.63, 3.8) is 0 Å². The van der Waals surface area contributed by atoms with E-state index in [4.69, 9.17) is 23.2 Å². The standard InChI is InChI=1S/C21H23Cl2N3O3/c1-13(2)19(25-20(28)14-7-5-4-6-8-14)21(29)26(3)12-18(27)24-15-9-10-16(22)17(23)11-15/h4-11,13,19H,12H2,1-3H3,(H,24,27)(H,25,28). The maximum atomic E-state index is 12.8. The minimum atomic E-state index is -0.759. The highest BCUT2D eigenvalue weighted by molar-refractivity contribution is 6.42. The average molecular weight is 436 g/mol. The lowest BCUT2D eigenvalue weighted by Crippen LogP contribution is -2.51. The number of nitrogens with zero attached hydrogens (tertiary/aromatic N) is 1. The lowest BCUT2D eigenvalue weighted by atomic mass is 10.0. The number of hydrogen-bond donors (Lipinski definition) is 2. The molecule has 0 aliphatic rings. The van der Waals surface area contributed by atoms with E-state index in [0.717, 1.165) is 0 Å². The van der Waals surface area contributed by atoms with Crippen LogP contribution in [0, 0.1) is 5.92 Å². The predicted octanol–water partition coefficient (Wildman–Crippen LogP) is 3.84. The van der Waals surface area contributed by atoms with E-state index in [0.29, 0.717) is 21.3 Å². The van der Waals surface area contributed by atoms with E-state index in [-0.39, 0.29) is 24.3 Å². The van der Waals surface area contributed by atoms with Crippen LogP contribution in [0.5, 0.6) is 0 Å². The Morgan fingerprint density at radius 3 is 2.24 bits per heavy atom. The van der Waals surface area contributed by atoms with E-state index in [2.05, 4.69) is 10.6 Å². The Kier molecular flexibility index (Phi) is 8.05. The molecule has 0 heterocycles. The molecule has 8 heteroatoms. The van der Waals surface area contributed by atoms with Crippen LogP contribution in [0.3, 0.4) is 0 Å². The zero-order chi connectivity index (χ0) is 21.6. The van der Waals surface area contributed by atoms with Crippen molar-refractivity contribution in [1.82, 2.24) is 10.2 Å². The van der Waals surface area contributed by atoms with Crippen LogP contribution in [-0.2, 0) is 9.59 Å². The van der Waals surface area contributed by atoms with Crippen molar-refractivity contribution in [2.45, 2.75) is 19.9 Å². The Balaban J connectivity index is 2.00. The number of benzene rings is 2. The minimum absolute atomic E-state index is 0.157. The molecule has 29 heavy (non-hydrogen) atoms. The van der Waals surface area contributed by atoms with E-state index >= 15 is 0 Å². The third-order valence-corrected chi connectivity index (χ3v) is 4.95. The fourth-order valence-corrected chi connectivity index (χ4v) is 2.93. The smallest absolute Gasteiger partial charge is 0.251 e. The van der Waals surface area contributed by atoms with Crippen LogP contribution in [0.25, 0.3) is 0 Å². The first-order chi connectivity index (χ1) is 13.7.